The highest BCUT2D eigenvalue weighted by Crippen LogP contribution is 2.33. The maximum atomic E-state index is 9.08. The summed E-state index contributed by atoms with van der Waals surface area (Å²) < 4.78 is 5.08. The predicted octanol–water partition coefficient (Wildman–Crippen LogP) is 2.69. The van der Waals surface area contributed by atoms with Gasteiger partial charge in [0.1, 0.15) is 5.75 Å². The number of nitrogens with zero attached hydrogens (tertiary/aromatic N) is 3. The van der Waals surface area contributed by atoms with Crippen molar-refractivity contribution in [1.29, 1.82) is 0 Å². The van der Waals surface area contributed by atoms with E-state index >= 15 is 0 Å². The Kier molecular flexibility index (Phi) is 4.24. The molecule has 0 aliphatic carbocycles. The lowest BCUT2D eigenvalue weighted by atomic mass is 10.1. The SMILES string of the molecule is COc1cccc(Cl)c1C(CO)N=[N+]=[N-]. The summed E-state index contributed by atoms with van der Waals surface area (Å²) in [4.78, 5) is 2.65. The Bertz CT molecular complexity index is 391. The van der Waals surface area contributed by atoms with Gasteiger partial charge in [0.25, 0.3) is 0 Å². The van der Waals surface area contributed by atoms with Gasteiger partial charge in [0.15, 0.2) is 0 Å². The Hall–Kier alpha value is -1.42. The van der Waals surface area contributed by atoms with Crippen LogP contribution in [0.5, 0.6) is 5.75 Å². The molecule has 1 rings (SSSR count). The number of aliphatic hydroxyl groups excluding tert-OH is 1. The molecule has 1 aromatic rings. The fraction of sp³-hybridized carbons (Fsp3) is 0.333. The lowest BCUT2D eigenvalue weighted by Crippen LogP contribution is -2.03. The zero-order chi connectivity index (χ0) is 11.3. The van der Waals surface area contributed by atoms with E-state index in [4.69, 9.17) is 27.0 Å². The molecule has 1 atom stereocenters. The summed E-state index contributed by atoms with van der Waals surface area (Å²) >= 11 is 5.94. The summed E-state index contributed by atoms with van der Waals surface area (Å²) in [5.41, 5.74) is 8.85. The number of methoxy groups -OCH3 is 1. The molecule has 0 fully saturated rings. The van der Waals surface area contributed by atoms with Gasteiger partial charge in [-0.05, 0) is 17.7 Å². The molecule has 0 amide bonds. The van der Waals surface area contributed by atoms with Crippen LogP contribution in [-0.2, 0) is 0 Å². The molecule has 6 heteroatoms. The largest absolute Gasteiger partial charge is 0.496 e. The Morgan fingerprint density at radius 1 is 1.67 bits per heavy atom. The van der Waals surface area contributed by atoms with Crippen molar-refractivity contribution >= 4 is 11.6 Å². The standard InChI is InChI=1S/C9H10ClN3O2/c1-15-8-4-2-3-6(10)9(8)7(5-14)12-13-11/h2-4,7,14H,5H2,1H3. The molecule has 0 bridgehead atoms. The van der Waals surface area contributed by atoms with Crippen LogP contribution in [-0.4, -0.2) is 18.8 Å². The van der Waals surface area contributed by atoms with E-state index in [1.165, 1.54) is 7.11 Å². The molecule has 0 heterocycles. The maximum Gasteiger partial charge on any atom is 0.124 e. The summed E-state index contributed by atoms with van der Waals surface area (Å²) in [6, 6.07) is 4.33. The van der Waals surface area contributed by atoms with E-state index in [0.717, 1.165) is 0 Å². The molecule has 0 aliphatic rings. The molecule has 0 aliphatic heterocycles. The first-order valence-electron chi connectivity index (χ1n) is 4.22. The Morgan fingerprint density at radius 3 is 2.93 bits per heavy atom. The molecule has 80 valence electrons. The van der Waals surface area contributed by atoms with Crippen molar-refractivity contribution in [3.05, 3.63) is 39.2 Å². The smallest absolute Gasteiger partial charge is 0.124 e. The minimum Gasteiger partial charge on any atom is -0.496 e. The highest BCUT2D eigenvalue weighted by Gasteiger charge is 2.17. The van der Waals surface area contributed by atoms with Gasteiger partial charge in [-0.2, -0.15) is 0 Å². The van der Waals surface area contributed by atoms with Crippen LogP contribution >= 0.6 is 11.6 Å². The quantitative estimate of drug-likeness (QED) is 0.488. The predicted molar refractivity (Wildman–Crippen MR) is 57.0 cm³/mol. The molecule has 1 unspecified atom stereocenters. The van der Waals surface area contributed by atoms with Gasteiger partial charge in [-0.3, -0.25) is 0 Å². The van der Waals surface area contributed by atoms with E-state index in [0.29, 0.717) is 16.3 Å². The first-order chi connectivity index (χ1) is 7.24. The summed E-state index contributed by atoms with van der Waals surface area (Å²) in [5, 5.41) is 12.9. The number of azide groups is 1. The van der Waals surface area contributed by atoms with Gasteiger partial charge in [-0.15, -0.1) is 0 Å². The van der Waals surface area contributed by atoms with Gasteiger partial charge in [-0.25, -0.2) is 0 Å². The highest BCUT2D eigenvalue weighted by atomic mass is 35.5. The first-order valence-corrected chi connectivity index (χ1v) is 4.59. The van der Waals surface area contributed by atoms with E-state index in [1.54, 1.807) is 18.2 Å². The van der Waals surface area contributed by atoms with Crippen LogP contribution in [0.15, 0.2) is 23.3 Å². The van der Waals surface area contributed by atoms with Crippen molar-refractivity contribution in [2.24, 2.45) is 5.11 Å². The molecule has 15 heavy (non-hydrogen) atoms. The van der Waals surface area contributed by atoms with Crippen LogP contribution in [0.4, 0.5) is 0 Å². The second kappa shape index (κ2) is 5.46. The normalized spacial score (nSPS) is 11.7. The average Bonchev–Trinajstić information content (AvgIpc) is 2.26. The molecule has 0 radical (unpaired) electrons. The van der Waals surface area contributed by atoms with Crippen molar-refractivity contribution < 1.29 is 9.84 Å². The average molecular weight is 228 g/mol. The second-order valence-electron chi connectivity index (χ2n) is 2.76. The number of hydrogen-bond donors (Lipinski definition) is 1. The van der Waals surface area contributed by atoms with Crippen molar-refractivity contribution in [2.75, 3.05) is 13.7 Å². The monoisotopic (exact) mass is 227 g/mol. The van der Waals surface area contributed by atoms with Crippen molar-refractivity contribution in [3.63, 3.8) is 0 Å². The van der Waals surface area contributed by atoms with Crippen molar-refractivity contribution in [2.45, 2.75) is 6.04 Å². The molecule has 1 N–H and O–H groups in total. The minimum atomic E-state index is -0.723. The fourth-order valence-electron chi connectivity index (χ4n) is 1.27. The van der Waals surface area contributed by atoms with Crippen LogP contribution in [0.2, 0.25) is 5.02 Å². The van der Waals surface area contributed by atoms with Crippen LogP contribution in [0.1, 0.15) is 11.6 Å². The molecule has 0 spiro atoms. The highest BCUT2D eigenvalue weighted by molar-refractivity contribution is 6.31. The van der Waals surface area contributed by atoms with Gasteiger partial charge in [0.05, 0.1) is 19.8 Å². The number of hydrogen-bond acceptors (Lipinski definition) is 3. The summed E-state index contributed by atoms with van der Waals surface area (Å²) in [6.45, 7) is -0.315. The van der Waals surface area contributed by atoms with E-state index in [2.05, 4.69) is 10.0 Å². The third-order valence-electron chi connectivity index (χ3n) is 1.93. The zero-order valence-electron chi connectivity index (χ0n) is 8.09. The van der Waals surface area contributed by atoms with Gasteiger partial charge in [0.2, 0.25) is 0 Å². The van der Waals surface area contributed by atoms with Crippen LogP contribution in [0.25, 0.3) is 10.4 Å². The van der Waals surface area contributed by atoms with E-state index in [-0.39, 0.29) is 6.61 Å². The Morgan fingerprint density at radius 2 is 2.40 bits per heavy atom. The summed E-state index contributed by atoms with van der Waals surface area (Å²) in [7, 11) is 1.49. The summed E-state index contributed by atoms with van der Waals surface area (Å²) in [6.07, 6.45) is 0. The van der Waals surface area contributed by atoms with E-state index < -0.39 is 6.04 Å². The van der Waals surface area contributed by atoms with Gasteiger partial charge >= 0.3 is 0 Å². The Balaban J connectivity index is 3.25. The lowest BCUT2D eigenvalue weighted by molar-refractivity contribution is 0.264. The first kappa shape index (κ1) is 11.7. The molecule has 1 aromatic carbocycles. The molecular formula is C9H10ClN3O2. The van der Waals surface area contributed by atoms with Crippen LogP contribution < -0.4 is 4.74 Å². The third-order valence-corrected chi connectivity index (χ3v) is 2.26. The third kappa shape index (κ3) is 2.53. The molecule has 0 aromatic heterocycles. The maximum absolute atomic E-state index is 9.08. The van der Waals surface area contributed by atoms with Crippen molar-refractivity contribution in [3.8, 4) is 5.75 Å². The van der Waals surface area contributed by atoms with Gasteiger partial charge < -0.3 is 9.84 Å². The van der Waals surface area contributed by atoms with Gasteiger partial charge in [0, 0.05) is 15.5 Å². The molecule has 0 saturated carbocycles. The summed E-state index contributed by atoms with van der Waals surface area (Å²) in [5.74, 6) is 0.494. The Labute approximate surface area is 91.9 Å². The van der Waals surface area contributed by atoms with Crippen LogP contribution in [0, 0.1) is 0 Å². The zero-order valence-corrected chi connectivity index (χ0v) is 8.85. The number of benzene rings is 1. The second-order valence-corrected chi connectivity index (χ2v) is 3.17. The molecule has 0 saturated heterocycles. The fourth-order valence-corrected chi connectivity index (χ4v) is 1.56. The number of aliphatic hydroxyl groups is 1. The number of ether oxygens (including phenoxy) is 1. The minimum absolute atomic E-state index is 0.315. The topological polar surface area (TPSA) is 78.2 Å². The van der Waals surface area contributed by atoms with Crippen LogP contribution in [0.3, 0.4) is 0 Å². The van der Waals surface area contributed by atoms with E-state index in [1.807, 2.05) is 0 Å². The molecular weight excluding hydrogens is 218 g/mol. The molecule has 5 nitrogen and oxygen atoms in total. The number of rotatable bonds is 4. The van der Waals surface area contributed by atoms with E-state index in [9.17, 15) is 0 Å². The number of halogens is 1. The van der Waals surface area contributed by atoms with Crippen molar-refractivity contribution in [1.82, 2.24) is 0 Å². The van der Waals surface area contributed by atoms with Gasteiger partial charge in [-0.1, -0.05) is 22.8 Å². The lowest BCUT2D eigenvalue weighted by Gasteiger charge is -2.14.